The van der Waals surface area contributed by atoms with Gasteiger partial charge in [0.15, 0.2) is 6.29 Å². The molecule has 0 aliphatic carbocycles. The number of carboxylic acids is 1. The Kier molecular flexibility index (Phi) is 5.03. The van der Waals surface area contributed by atoms with Crippen LogP contribution in [0.1, 0.15) is 17.3 Å². The molecule has 0 fully saturated rings. The Balaban J connectivity index is 2.63. The van der Waals surface area contributed by atoms with Crippen molar-refractivity contribution in [3.63, 3.8) is 0 Å². The molecule has 23 heavy (non-hydrogen) atoms. The molecule has 0 unspecified atom stereocenters. The Hall–Kier alpha value is -3.22. The third-order valence-corrected chi connectivity index (χ3v) is 2.95. The minimum Gasteiger partial charge on any atom is -0.484 e. The number of benzene rings is 1. The normalized spacial score (nSPS) is 9.96. The summed E-state index contributed by atoms with van der Waals surface area (Å²) in [6, 6.07) is 6.42. The van der Waals surface area contributed by atoms with E-state index in [-0.39, 0.29) is 23.6 Å². The van der Waals surface area contributed by atoms with Gasteiger partial charge in [-0.2, -0.15) is 0 Å². The van der Waals surface area contributed by atoms with E-state index in [0.717, 1.165) is 5.56 Å². The summed E-state index contributed by atoms with van der Waals surface area (Å²) >= 11 is 0. The van der Waals surface area contributed by atoms with E-state index < -0.39 is 11.9 Å². The molecule has 0 aliphatic heterocycles. The Bertz CT molecular complexity index is 744. The van der Waals surface area contributed by atoms with E-state index in [1.807, 2.05) is 0 Å². The van der Waals surface area contributed by atoms with Gasteiger partial charge in [0.2, 0.25) is 5.91 Å². The minimum atomic E-state index is -1.22. The van der Waals surface area contributed by atoms with E-state index in [1.165, 1.54) is 13.0 Å². The number of aldehydes is 1. The van der Waals surface area contributed by atoms with Crippen LogP contribution < -0.4 is 10.1 Å². The van der Waals surface area contributed by atoms with Crippen LogP contribution in [-0.4, -0.2) is 34.9 Å². The molecular weight excluding hydrogens is 300 g/mol. The maximum Gasteiger partial charge on any atom is 0.337 e. The number of aromatic carboxylic acids is 1. The number of hydrogen-bond acceptors (Lipinski definition) is 5. The number of pyridine rings is 1. The Morgan fingerprint density at radius 3 is 2.52 bits per heavy atom. The van der Waals surface area contributed by atoms with Gasteiger partial charge in [0.1, 0.15) is 12.4 Å². The van der Waals surface area contributed by atoms with E-state index in [0.29, 0.717) is 11.8 Å². The smallest absolute Gasteiger partial charge is 0.337 e. The number of ether oxygens (including phenoxy) is 1. The summed E-state index contributed by atoms with van der Waals surface area (Å²) in [5.74, 6) is -1.56. The zero-order chi connectivity index (χ0) is 16.8. The van der Waals surface area contributed by atoms with E-state index >= 15 is 0 Å². The summed E-state index contributed by atoms with van der Waals surface area (Å²) in [6.45, 7) is 0.997. The molecule has 7 heteroatoms. The molecule has 7 nitrogen and oxygen atoms in total. The highest BCUT2D eigenvalue weighted by molar-refractivity contribution is 6.03. The van der Waals surface area contributed by atoms with Gasteiger partial charge in [0.25, 0.3) is 0 Å². The second-order valence-electron chi connectivity index (χ2n) is 4.60. The zero-order valence-electron chi connectivity index (χ0n) is 12.3. The second-order valence-corrected chi connectivity index (χ2v) is 4.60. The highest BCUT2D eigenvalue weighted by Gasteiger charge is 2.19. The van der Waals surface area contributed by atoms with Crippen LogP contribution in [0.5, 0.6) is 5.75 Å². The lowest BCUT2D eigenvalue weighted by Crippen LogP contribution is -2.13. The molecule has 0 spiro atoms. The second kappa shape index (κ2) is 7.17. The first kappa shape index (κ1) is 16.2. The third kappa shape index (κ3) is 3.91. The number of amides is 1. The predicted molar refractivity (Wildman–Crippen MR) is 82.5 cm³/mol. The van der Waals surface area contributed by atoms with Gasteiger partial charge in [-0.1, -0.05) is 0 Å². The van der Waals surface area contributed by atoms with Gasteiger partial charge in [0.05, 0.1) is 11.3 Å². The molecule has 1 aromatic heterocycles. The Morgan fingerprint density at radius 2 is 1.96 bits per heavy atom. The average Bonchev–Trinajstić information content (AvgIpc) is 2.53. The van der Waals surface area contributed by atoms with E-state index in [4.69, 9.17) is 4.74 Å². The monoisotopic (exact) mass is 314 g/mol. The van der Waals surface area contributed by atoms with Crippen molar-refractivity contribution >= 4 is 23.9 Å². The molecule has 0 atom stereocenters. The van der Waals surface area contributed by atoms with Crippen LogP contribution in [0.4, 0.5) is 5.69 Å². The van der Waals surface area contributed by atoms with Crippen LogP contribution in [0.3, 0.4) is 0 Å². The SMILES string of the molecule is CC(=O)Nc1c(OCC=O)cc(-c2ccncc2)cc1C(=O)O. The van der Waals surface area contributed by atoms with Crippen molar-refractivity contribution in [1.82, 2.24) is 4.98 Å². The molecule has 1 heterocycles. The standard InChI is InChI=1S/C16H14N2O5/c1-10(20)18-15-13(16(21)22)8-12(9-14(15)23-7-6-19)11-2-4-17-5-3-11/h2-6,8-9H,7H2,1H3,(H,18,20)(H,21,22). The van der Waals surface area contributed by atoms with E-state index in [1.54, 1.807) is 30.6 Å². The van der Waals surface area contributed by atoms with Crippen molar-refractivity contribution in [2.45, 2.75) is 6.92 Å². The van der Waals surface area contributed by atoms with Crippen molar-refractivity contribution in [3.05, 3.63) is 42.2 Å². The van der Waals surface area contributed by atoms with Crippen molar-refractivity contribution < 1.29 is 24.2 Å². The van der Waals surface area contributed by atoms with Crippen molar-refractivity contribution in [2.75, 3.05) is 11.9 Å². The first-order valence-corrected chi connectivity index (χ1v) is 6.68. The van der Waals surface area contributed by atoms with Gasteiger partial charge < -0.3 is 15.2 Å². The summed E-state index contributed by atoms with van der Waals surface area (Å²) in [5.41, 5.74) is 1.19. The molecule has 0 aliphatic rings. The fraction of sp³-hybridized carbons (Fsp3) is 0.125. The molecule has 0 bridgehead atoms. The molecular formula is C16H14N2O5. The van der Waals surface area contributed by atoms with Crippen LogP contribution in [0.15, 0.2) is 36.7 Å². The van der Waals surface area contributed by atoms with Crippen molar-refractivity contribution in [2.24, 2.45) is 0 Å². The Morgan fingerprint density at radius 1 is 1.26 bits per heavy atom. The largest absolute Gasteiger partial charge is 0.484 e. The molecule has 1 aromatic carbocycles. The topological polar surface area (TPSA) is 106 Å². The highest BCUT2D eigenvalue weighted by atomic mass is 16.5. The van der Waals surface area contributed by atoms with Gasteiger partial charge in [0, 0.05) is 19.3 Å². The molecule has 0 radical (unpaired) electrons. The maximum atomic E-state index is 11.5. The predicted octanol–water partition coefficient (Wildman–Crippen LogP) is 1.98. The van der Waals surface area contributed by atoms with Gasteiger partial charge >= 0.3 is 5.97 Å². The molecule has 0 saturated heterocycles. The number of anilines is 1. The molecule has 2 aromatic rings. The summed E-state index contributed by atoms with van der Waals surface area (Å²) in [6.07, 6.45) is 3.68. The summed E-state index contributed by atoms with van der Waals surface area (Å²) in [5, 5.41) is 11.8. The fourth-order valence-electron chi connectivity index (χ4n) is 2.04. The molecule has 118 valence electrons. The third-order valence-electron chi connectivity index (χ3n) is 2.95. The highest BCUT2D eigenvalue weighted by Crippen LogP contribution is 2.34. The number of carboxylic acid groups (broad SMARTS) is 1. The van der Waals surface area contributed by atoms with Crippen molar-refractivity contribution in [1.29, 1.82) is 0 Å². The number of aromatic nitrogens is 1. The van der Waals surface area contributed by atoms with Gasteiger partial charge in [-0.05, 0) is 35.4 Å². The number of rotatable bonds is 6. The number of nitrogens with one attached hydrogen (secondary N) is 1. The number of carbonyl (C=O) groups excluding carboxylic acids is 2. The Labute approximate surface area is 131 Å². The zero-order valence-corrected chi connectivity index (χ0v) is 12.3. The molecule has 2 N–H and O–H groups in total. The van der Waals surface area contributed by atoms with E-state index in [9.17, 15) is 19.5 Å². The van der Waals surface area contributed by atoms with Crippen LogP contribution in [0.25, 0.3) is 11.1 Å². The fourth-order valence-corrected chi connectivity index (χ4v) is 2.04. The summed E-state index contributed by atoms with van der Waals surface area (Å²) in [4.78, 5) is 37.3. The molecule has 2 rings (SSSR count). The lowest BCUT2D eigenvalue weighted by molar-refractivity contribution is -0.114. The average molecular weight is 314 g/mol. The lowest BCUT2D eigenvalue weighted by atomic mass is 10.0. The van der Waals surface area contributed by atoms with Gasteiger partial charge in [-0.25, -0.2) is 4.79 Å². The minimum absolute atomic E-state index is 0.0182. The molecule has 1 amide bonds. The van der Waals surface area contributed by atoms with Crippen LogP contribution in [-0.2, 0) is 9.59 Å². The summed E-state index contributed by atoms with van der Waals surface area (Å²) in [7, 11) is 0. The lowest BCUT2D eigenvalue weighted by Gasteiger charge is -2.15. The van der Waals surface area contributed by atoms with Crippen LogP contribution >= 0.6 is 0 Å². The van der Waals surface area contributed by atoms with Crippen LogP contribution in [0, 0.1) is 0 Å². The van der Waals surface area contributed by atoms with Gasteiger partial charge in [-0.3, -0.25) is 14.6 Å². The quantitative estimate of drug-likeness (QED) is 0.790. The first-order chi connectivity index (χ1) is 11.0. The molecule has 0 saturated carbocycles. The van der Waals surface area contributed by atoms with Crippen molar-refractivity contribution in [3.8, 4) is 16.9 Å². The van der Waals surface area contributed by atoms with E-state index in [2.05, 4.69) is 10.3 Å². The summed E-state index contributed by atoms with van der Waals surface area (Å²) < 4.78 is 5.28. The van der Waals surface area contributed by atoms with Crippen LogP contribution in [0.2, 0.25) is 0 Å². The first-order valence-electron chi connectivity index (χ1n) is 6.68. The van der Waals surface area contributed by atoms with Gasteiger partial charge in [-0.15, -0.1) is 0 Å². The number of carbonyl (C=O) groups is 3. The maximum absolute atomic E-state index is 11.5. The number of nitrogens with zero attached hydrogens (tertiary/aromatic N) is 1. The number of hydrogen-bond donors (Lipinski definition) is 2.